The normalized spacial score (nSPS) is 29.4. The SMILES string of the molecule is CC(C)C(C#N)N1C(=O)C2CC=CCC2C1=O. The Balaban J connectivity index is 2.29. The van der Waals surface area contributed by atoms with Crippen molar-refractivity contribution in [3.63, 3.8) is 0 Å². The van der Waals surface area contributed by atoms with Crippen molar-refractivity contribution < 1.29 is 9.59 Å². The summed E-state index contributed by atoms with van der Waals surface area (Å²) < 4.78 is 0. The summed E-state index contributed by atoms with van der Waals surface area (Å²) in [6, 6.07) is 1.45. The first-order valence-electron chi connectivity index (χ1n) is 5.99. The van der Waals surface area contributed by atoms with Crippen molar-refractivity contribution in [1.82, 2.24) is 4.90 Å². The molecule has 3 atom stereocenters. The van der Waals surface area contributed by atoms with E-state index in [1.54, 1.807) is 0 Å². The molecule has 0 saturated carbocycles. The van der Waals surface area contributed by atoms with Crippen LogP contribution in [-0.2, 0) is 9.59 Å². The number of hydrogen-bond acceptors (Lipinski definition) is 3. The zero-order chi connectivity index (χ0) is 12.6. The highest BCUT2D eigenvalue weighted by Gasteiger charge is 2.50. The molecule has 2 aliphatic rings. The number of carbonyl (C=O) groups excluding carboxylic acids is 2. The van der Waals surface area contributed by atoms with Gasteiger partial charge in [0.25, 0.3) is 0 Å². The number of likely N-dealkylation sites (tertiary alicyclic amines) is 1. The molecule has 0 N–H and O–H groups in total. The lowest BCUT2D eigenvalue weighted by molar-refractivity contribution is -0.142. The first-order chi connectivity index (χ1) is 8.07. The van der Waals surface area contributed by atoms with Gasteiger partial charge in [0.05, 0.1) is 17.9 Å². The van der Waals surface area contributed by atoms with Crippen LogP contribution in [0.1, 0.15) is 26.7 Å². The van der Waals surface area contributed by atoms with Gasteiger partial charge in [0.1, 0.15) is 6.04 Å². The van der Waals surface area contributed by atoms with Crippen LogP contribution in [0, 0.1) is 29.1 Å². The second-order valence-electron chi connectivity index (χ2n) is 5.02. The number of nitriles is 1. The van der Waals surface area contributed by atoms with Gasteiger partial charge in [-0.15, -0.1) is 0 Å². The number of carbonyl (C=O) groups is 2. The highest BCUT2D eigenvalue weighted by Crippen LogP contribution is 2.36. The average molecular weight is 232 g/mol. The molecule has 0 aromatic carbocycles. The zero-order valence-corrected chi connectivity index (χ0v) is 10.1. The van der Waals surface area contributed by atoms with E-state index < -0.39 is 6.04 Å². The fourth-order valence-electron chi connectivity index (χ4n) is 2.61. The highest BCUT2D eigenvalue weighted by atomic mass is 16.2. The number of rotatable bonds is 2. The number of hydrogen-bond donors (Lipinski definition) is 0. The first-order valence-corrected chi connectivity index (χ1v) is 5.99. The summed E-state index contributed by atoms with van der Waals surface area (Å²) in [4.78, 5) is 25.6. The van der Waals surface area contributed by atoms with Crippen LogP contribution in [0.2, 0.25) is 0 Å². The van der Waals surface area contributed by atoms with E-state index in [0.717, 1.165) is 0 Å². The van der Waals surface area contributed by atoms with Gasteiger partial charge in [0.2, 0.25) is 11.8 Å². The van der Waals surface area contributed by atoms with Crippen molar-refractivity contribution in [1.29, 1.82) is 5.26 Å². The van der Waals surface area contributed by atoms with E-state index in [0.29, 0.717) is 12.8 Å². The van der Waals surface area contributed by atoms with Gasteiger partial charge < -0.3 is 0 Å². The maximum Gasteiger partial charge on any atom is 0.234 e. The number of amides is 2. The van der Waals surface area contributed by atoms with Crippen molar-refractivity contribution in [3.05, 3.63) is 12.2 Å². The molecule has 1 saturated heterocycles. The molecule has 0 spiro atoms. The van der Waals surface area contributed by atoms with Crippen LogP contribution >= 0.6 is 0 Å². The van der Waals surface area contributed by atoms with Gasteiger partial charge in [-0.25, -0.2) is 0 Å². The molecule has 4 heteroatoms. The van der Waals surface area contributed by atoms with Crippen molar-refractivity contribution in [2.45, 2.75) is 32.7 Å². The Morgan fingerprint density at radius 3 is 2.06 bits per heavy atom. The minimum Gasteiger partial charge on any atom is -0.274 e. The van der Waals surface area contributed by atoms with Gasteiger partial charge >= 0.3 is 0 Å². The number of fused-ring (bicyclic) bond motifs is 1. The topological polar surface area (TPSA) is 61.2 Å². The highest BCUT2D eigenvalue weighted by molar-refractivity contribution is 6.06. The molecule has 1 heterocycles. The van der Waals surface area contributed by atoms with Crippen molar-refractivity contribution in [3.8, 4) is 6.07 Å². The molecule has 4 nitrogen and oxygen atoms in total. The lowest BCUT2D eigenvalue weighted by Gasteiger charge is -2.23. The maximum absolute atomic E-state index is 12.2. The minimum absolute atomic E-state index is 0.0268. The number of nitrogens with zero attached hydrogens (tertiary/aromatic N) is 2. The predicted octanol–water partition coefficient (Wildman–Crippen LogP) is 1.49. The lowest BCUT2D eigenvalue weighted by atomic mass is 9.85. The van der Waals surface area contributed by atoms with Crippen LogP contribution in [0.5, 0.6) is 0 Å². The molecule has 1 fully saturated rings. The summed E-state index contributed by atoms with van der Waals surface area (Å²) in [7, 11) is 0. The van der Waals surface area contributed by atoms with E-state index in [1.807, 2.05) is 26.0 Å². The fourth-order valence-corrected chi connectivity index (χ4v) is 2.61. The molecule has 17 heavy (non-hydrogen) atoms. The quantitative estimate of drug-likeness (QED) is 0.535. The van der Waals surface area contributed by atoms with Crippen LogP contribution in [0.4, 0.5) is 0 Å². The Bertz CT molecular complexity index is 394. The summed E-state index contributed by atoms with van der Waals surface area (Å²) in [5.41, 5.74) is 0. The predicted molar refractivity (Wildman–Crippen MR) is 61.4 cm³/mol. The van der Waals surface area contributed by atoms with Crippen LogP contribution in [0.25, 0.3) is 0 Å². The summed E-state index contributed by atoms with van der Waals surface area (Å²) in [5, 5.41) is 9.11. The smallest absolute Gasteiger partial charge is 0.234 e. The Morgan fingerprint density at radius 2 is 1.71 bits per heavy atom. The summed E-state index contributed by atoms with van der Waals surface area (Å²) in [5.74, 6) is -0.820. The molecule has 0 aromatic heterocycles. The molecule has 2 amide bonds. The van der Waals surface area contributed by atoms with Crippen molar-refractivity contribution >= 4 is 11.8 Å². The monoisotopic (exact) mass is 232 g/mol. The largest absolute Gasteiger partial charge is 0.274 e. The third-order valence-electron chi connectivity index (χ3n) is 3.58. The summed E-state index contributed by atoms with van der Waals surface area (Å²) in [6.45, 7) is 3.71. The van der Waals surface area contributed by atoms with Crippen molar-refractivity contribution in [2.75, 3.05) is 0 Å². The minimum atomic E-state index is -0.624. The van der Waals surface area contributed by atoms with Crippen molar-refractivity contribution in [2.24, 2.45) is 17.8 Å². The van der Waals surface area contributed by atoms with Gasteiger partial charge in [0.15, 0.2) is 0 Å². The van der Waals surface area contributed by atoms with Crippen LogP contribution in [0.15, 0.2) is 12.2 Å². The molecule has 0 bridgehead atoms. The first kappa shape index (κ1) is 11.8. The van der Waals surface area contributed by atoms with E-state index >= 15 is 0 Å². The Kier molecular flexibility index (Phi) is 3.01. The van der Waals surface area contributed by atoms with E-state index in [9.17, 15) is 9.59 Å². The third kappa shape index (κ3) is 1.76. The van der Waals surface area contributed by atoms with Crippen LogP contribution in [-0.4, -0.2) is 22.8 Å². The van der Waals surface area contributed by atoms with Crippen LogP contribution in [0.3, 0.4) is 0 Å². The molecule has 3 unspecified atom stereocenters. The van der Waals surface area contributed by atoms with E-state index in [1.165, 1.54) is 4.90 Å². The van der Waals surface area contributed by atoms with Crippen LogP contribution < -0.4 is 0 Å². The second-order valence-corrected chi connectivity index (χ2v) is 5.02. The molecule has 0 aromatic rings. The van der Waals surface area contributed by atoms with Gasteiger partial charge in [-0.3, -0.25) is 14.5 Å². The van der Waals surface area contributed by atoms with Gasteiger partial charge in [-0.05, 0) is 18.8 Å². The molecular formula is C13H16N2O2. The Labute approximate surface area is 101 Å². The fraction of sp³-hybridized carbons (Fsp3) is 0.615. The van der Waals surface area contributed by atoms with E-state index in [4.69, 9.17) is 5.26 Å². The molecular weight excluding hydrogens is 216 g/mol. The van der Waals surface area contributed by atoms with Gasteiger partial charge in [-0.2, -0.15) is 5.26 Å². The second kappa shape index (κ2) is 4.33. The average Bonchev–Trinajstić information content (AvgIpc) is 2.56. The van der Waals surface area contributed by atoms with Gasteiger partial charge in [0, 0.05) is 0 Å². The molecule has 90 valence electrons. The number of imide groups is 1. The molecule has 2 rings (SSSR count). The standard InChI is InChI=1S/C13H16N2O2/c1-8(2)11(7-14)15-12(16)9-5-3-4-6-10(9)13(15)17/h3-4,8-11H,5-6H2,1-2H3. The van der Waals surface area contributed by atoms with Gasteiger partial charge in [-0.1, -0.05) is 26.0 Å². The Morgan fingerprint density at radius 1 is 1.24 bits per heavy atom. The number of allylic oxidation sites excluding steroid dienone is 2. The Hall–Kier alpha value is -1.63. The maximum atomic E-state index is 12.2. The van der Waals surface area contributed by atoms with E-state index in [-0.39, 0.29) is 29.6 Å². The summed E-state index contributed by atoms with van der Waals surface area (Å²) in [6.07, 6.45) is 5.16. The molecule has 0 radical (unpaired) electrons. The third-order valence-corrected chi connectivity index (χ3v) is 3.58. The summed E-state index contributed by atoms with van der Waals surface area (Å²) >= 11 is 0. The lowest BCUT2D eigenvalue weighted by Crippen LogP contribution is -2.42. The molecule has 1 aliphatic carbocycles. The molecule has 1 aliphatic heterocycles. The van der Waals surface area contributed by atoms with E-state index in [2.05, 4.69) is 6.07 Å². The zero-order valence-electron chi connectivity index (χ0n) is 10.1.